The van der Waals surface area contributed by atoms with Crippen molar-refractivity contribution in [2.45, 2.75) is 32.2 Å². The second kappa shape index (κ2) is 8.92. The van der Waals surface area contributed by atoms with Crippen molar-refractivity contribution >= 4 is 11.9 Å². The summed E-state index contributed by atoms with van der Waals surface area (Å²) in [6, 6.07) is -0.218. The minimum atomic E-state index is -0.218. The number of piperidine rings is 1. The van der Waals surface area contributed by atoms with Gasteiger partial charge in [0.15, 0.2) is 0 Å². The van der Waals surface area contributed by atoms with Crippen LogP contribution in [0.3, 0.4) is 0 Å². The zero-order valence-electron chi connectivity index (χ0n) is 12.7. The van der Waals surface area contributed by atoms with Crippen molar-refractivity contribution in [2.75, 3.05) is 40.5 Å². The van der Waals surface area contributed by atoms with Crippen LogP contribution in [-0.2, 0) is 19.1 Å². The average molecular weight is 286 g/mol. The highest BCUT2D eigenvalue weighted by molar-refractivity contribution is 5.81. The number of nitrogens with one attached hydrogen (secondary N) is 1. The fourth-order valence-electron chi connectivity index (χ4n) is 2.46. The number of carbonyl (C=O) groups is 2. The normalized spacial score (nSPS) is 21.2. The summed E-state index contributed by atoms with van der Waals surface area (Å²) in [6.07, 6.45) is 2.56. The Morgan fingerprint density at radius 3 is 2.80 bits per heavy atom. The van der Waals surface area contributed by atoms with Crippen LogP contribution in [0.25, 0.3) is 0 Å². The third-order valence-electron chi connectivity index (χ3n) is 3.74. The van der Waals surface area contributed by atoms with E-state index < -0.39 is 0 Å². The summed E-state index contributed by atoms with van der Waals surface area (Å²) >= 11 is 0. The smallest absolute Gasteiger partial charge is 0.309 e. The molecule has 0 aromatic heterocycles. The van der Waals surface area contributed by atoms with Gasteiger partial charge in [0.1, 0.15) is 0 Å². The third-order valence-corrected chi connectivity index (χ3v) is 3.74. The molecule has 2 atom stereocenters. The standard InChI is InChI=1S/C14H26N2O4/c1-11(13(17)15-7-5-9-19-2)16-8-4-6-12(10-16)14(18)20-3/h11-12H,4-10H2,1-3H3,(H,15,17). The van der Waals surface area contributed by atoms with Gasteiger partial charge in [-0.3, -0.25) is 14.5 Å². The van der Waals surface area contributed by atoms with Crippen LogP contribution in [0.4, 0.5) is 0 Å². The SMILES string of the molecule is COCCCNC(=O)C(C)N1CCCC(C(=O)OC)C1. The molecule has 1 heterocycles. The fraction of sp³-hybridized carbons (Fsp3) is 0.857. The lowest BCUT2D eigenvalue weighted by molar-refractivity contribution is -0.148. The molecular formula is C14H26N2O4. The first-order valence-electron chi connectivity index (χ1n) is 7.18. The Kier molecular flexibility index (Phi) is 7.54. The number of rotatable bonds is 7. The van der Waals surface area contributed by atoms with E-state index in [4.69, 9.17) is 9.47 Å². The van der Waals surface area contributed by atoms with E-state index in [2.05, 4.69) is 10.2 Å². The molecule has 0 spiro atoms. The fourth-order valence-corrected chi connectivity index (χ4v) is 2.46. The van der Waals surface area contributed by atoms with Crippen molar-refractivity contribution < 1.29 is 19.1 Å². The first kappa shape index (κ1) is 16.9. The van der Waals surface area contributed by atoms with Crippen LogP contribution in [0.5, 0.6) is 0 Å². The van der Waals surface area contributed by atoms with Crippen LogP contribution < -0.4 is 5.32 Å². The lowest BCUT2D eigenvalue weighted by Crippen LogP contribution is -2.50. The number of esters is 1. The highest BCUT2D eigenvalue weighted by Gasteiger charge is 2.31. The molecule has 116 valence electrons. The second-order valence-electron chi connectivity index (χ2n) is 5.17. The lowest BCUT2D eigenvalue weighted by Gasteiger charge is -2.34. The number of nitrogens with zero attached hydrogens (tertiary/aromatic N) is 1. The molecule has 1 aliphatic heterocycles. The molecule has 2 unspecified atom stereocenters. The highest BCUT2D eigenvalue weighted by atomic mass is 16.5. The topological polar surface area (TPSA) is 67.9 Å². The predicted molar refractivity (Wildman–Crippen MR) is 75.3 cm³/mol. The van der Waals surface area contributed by atoms with Gasteiger partial charge in [0, 0.05) is 26.8 Å². The van der Waals surface area contributed by atoms with Gasteiger partial charge in [-0.25, -0.2) is 0 Å². The van der Waals surface area contributed by atoms with Crippen molar-refractivity contribution in [2.24, 2.45) is 5.92 Å². The van der Waals surface area contributed by atoms with E-state index in [-0.39, 0.29) is 23.8 Å². The Balaban J connectivity index is 2.39. The maximum absolute atomic E-state index is 12.0. The zero-order valence-corrected chi connectivity index (χ0v) is 12.7. The van der Waals surface area contributed by atoms with E-state index in [0.717, 1.165) is 25.8 Å². The van der Waals surface area contributed by atoms with Gasteiger partial charge in [-0.2, -0.15) is 0 Å². The van der Waals surface area contributed by atoms with Crippen molar-refractivity contribution in [3.63, 3.8) is 0 Å². The first-order valence-corrected chi connectivity index (χ1v) is 7.18. The largest absolute Gasteiger partial charge is 0.469 e. The molecule has 0 aromatic rings. The van der Waals surface area contributed by atoms with Crippen LogP contribution in [0, 0.1) is 5.92 Å². The predicted octanol–water partition coefficient (Wildman–Crippen LogP) is 0.413. The Morgan fingerprint density at radius 2 is 2.15 bits per heavy atom. The summed E-state index contributed by atoms with van der Waals surface area (Å²) in [5.41, 5.74) is 0. The number of carbonyl (C=O) groups excluding carboxylic acids is 2. The van der Waals surface area contributed by atoms with Crippen LogP contribution in [0.1, 0.15) is 26.2 Å². The summed E-state index contributed by atoms with van der Waals surface area (Å²) in [6.45, 7) is 4.58. The number of methoxy groups -OCH3 is 2. The molecule has 6 heteroatoms. The molecule has 0 saturated carbocycles. The number of amides is 1. The minimum absolute atomic E-state index is 0.00613. The van der Waals surface area contributed by atoms with Crippen LogP contribution in [0.15, 0.2) is 0 Å². The summed E-state index contributed by atoms with van der Waals surface area (Å²) < 4.78 is 9.73. The van der Waals surface area contributed by atoms with Gasteiger partial charge in [0.05, 0.1) is 19.1 Å². The molecule has 1 aliphatic rings. The Labute approximate surface area is 120 Å². The van der Waals surface area contributed by atoms with Crippen molar-refractivity contribution in [3.05, 3.63) is 0 Å². The molecule has 1 amide bonds. The monoisotopic (exact) mass is 286 g/mol. The highest BCUT2D eigenvalue weighted by Crippen LogP contribution is 2.19. The van der Waals surface area contributed by atoms with E-state index in [1.807, 2.05) is 6.92 Å². The Bertz CT molecular complexity index is 322. The molecule has 1 fully saturated rings. The van der Waals surface area contributed by atoms with E-state index in [1.165, 1.54) is 7.11 Å². The summed E-state index contributed by atoms with van der Waals surface area (Å²) in [5, 5.41) is 2.90. The zero-order chi connectivity index (χ0) is 15.0. The molecule has 1 N–H and O–H groups in total. The van der Waals surface area contributed by atoms with Crippen LogP contribution in [0.2, 0.25) is 0 Å². The van der Waals surface area contributed by atoms with Crippen molar-refractivity contribution in [1.82, 2.24) is 10.2 Å². The van der Waals surface area contributed by atoms with Gasteiger partial charge in [-0.05, 0) is 32.7 Å². The molecular weight excluding hydrogens is 260 g/mol. The lowest BCUT2D eigenvalue weighted by atomic mass is 9.97. The van der Waals surface area contributed by atoms with Gasteiger partial charge in [-0.15, -0.1) is 0 Å². The quantitative estimate of drug-likeness (QED) is 0.542. The molecule has 1 rings (SSSR count). The van der Waals surface area contributed by atoms with Crippen molar-refractivity contribution in [3.8, 4) is 0 Å². The molecule has 6 nitrogen and oxygen atoms in total. The van der Waals surface area contributed by atoms with Gasteiger partial charge >= 0.3 is 5.97 Å². The van der Waals surface area contributed by atoms with Crippen LogP contribution in [-0.4, -0.2) is 63.3 Å². The van der Waals surface area contributed by atoms with Gasteiger partial charge in [0.2, 0.25) is 5.91 Å². The molecule has 0 radical (unpaired) electrons. The Morgan fingerprint density at radius 1 is 1.40 bits per heavy atom. The summed E-state index contributed by atoms with van der Waals surface area (Å²) in [7, 11) is 3.05. The second-order valence-corrected chi connectivity index (χ2v) is 5.17. The van der Waals surface area contributed by atoms with Gasteiger partial charge < -0.3 is 14.8 Å². The van der Waals surface area contributed by atoms with Gasteiger partial charge in [-0.1, -0.05) is 0 Å². The number of likely N-dealkylation sites (tertiary alicyclic amines) is 1. The summed E-state index contributed by atoms with van der Waals surface area (Å²) in [4.78, 5) is 25.7. The van der Waals surface area contributed by atoms with E-state index in [1.54, 1.807) is 7.11 Å². The first-order chi connectivity index (χ1) is 9.60. The molecule has 0 aliphatic carbocycles. The summed E-state index contributed by atoms with van der Waals surface area (Å²) in [5.74, 6) is -0.286. The minimum Gasteiger partial charge on any atom is -0.469 e. The van der Waals surface area contributed by atoms with Crippen molar-refractivity contribution in [1.29, 1.82) is 0 Å². The molecule has 0 bridgehead atoms. The number of ether oxygens (including phenoxy) is 2. The van der Waals surface area contributed by atoms with Gasteiger partial charge in [0.25, 0.3) is 0 Å². The number of hydrogen-bond acceptors (Lipinski definition) is 5. The van der Waals surface area contributed by atoms with E-state index in [0.29, 0.717) is 19.7 Å². The Hall–Kier alpha value is -1.14. The average Bonchev–Trinajstić information content (AvgIpc) is 2.49. The number of hydrogen-bond donors (Lipinski definition) is 1. The molecule has 20 heavy (non-hydrogen) atoms. The maximum Gasteiger partial charge on any atom is 0.309 e. The van der Waals surface area contributed by atoms with E-state index >= 15 is 0 Å². The molecule has 1 saturated heterocycles. The van der Waals surface area contributed by atoms with E-state index in [9.17, 15) is 9.59 Å². The molecule has 0 aromatic carbocycles. The maximum atomic E-state index is 12.0. The third kappa shape index (κ3) is 5.09. The van der Waals surface area contributed by atoms with Crippen LogP contribution >= 0.6 is 0 Å².